The normalized spacial score (nSPS) is 11.8. The van der Waals surface area contributed by atoms with Crippen LogP contribution in [-0.2, 0) is 6.18 Å². The molecule has 3 aromatic rings. The molecule has 6 heteroatoms. The van der Waals surface area contributed by atoms with Gasteiger partial charge in [0.1, 0.15) is 5.65 Å². The first-order valence-electron chi connectivity index (χ1n) is 6.11. The molecule has 3 nitrogen and oxygen atoms in total. The summed E-state index contributed by atoms with van der Waals surface area (Å²) in [5.41, 5.74) is 0.0739. The second kappa shape index (κ2) is 4.73. The van der Waals surface area contributed by atoms with Crippen molar-refractivity contribution in [3.8, 4) is 11.1 Å². The Hall–Kier alpha value is -2.63. The number of rotatable bonds is 1. The molecule has 0 bridgehead atoms. The number of pyridine rings is 1. The first-order chi connectivity index (χ1) is 9.97. The lowest BCUT2D eigenvalue weighted by molar-refractivity contribution is -0.137. The predicted octanol–water partition coefficient (Wildman–Crippen LogP) is 3.38. The largest absolute Gasteiger partial charge is 0.416 e. The average molecular weight is 290 g/mol. The van der Waals surface area contributed by atoms with E-state index < -0.39 is 11.7 Å². The Balaban J connectivity index is 2.13. The van der Waals surface area contributed by atoms with Crippen molar-refractivity contribution in [1.82, 2.24) is 9.38 Å². The van der Waals surface area contributed by atoms with Crippen molar-refractivity contribution in [2.24, 2.45) is 0 Å². The smallest absolute Gasteiger partial charge is 0.268 e. The highest BCUT2D eigenvalue weighted by Gasteiger charge is 2.30. The molecule has 0 aliphatic heterocycles. The third-order valence-electron chi connectivity index (χ3n) is 3.14. The molecule has 0 N–H and O–H groups in total. The molecular weight excluding hydrogens is 281 g/mol. The second-order valence-electron chi connectivity index (χ2n) is 4.48. The lowest BCUT2D eigenvalue weighted by Gasteiger charge is -2.08. The van der Waals surface area contributed by atoms with Crippen LogP contribution in [0.25, 0.3) is 16.8 Å². The minimum absolute atomic E-state index is 0.257. The third-order valence-corrected chi connectivity index (χ3v) is 3.14. The molecule has 21 heavy (non-hydrogen) atoms. The summed E-state index contributed by atoms with van der Waals surface area (Å²) in [4.78, 5) is 16.4. The number of hydrogen-bond acceptors (Lipinski definition) is 2. The van der Waals surface area contributed by atoms with Crippen molar-refractivity contribution >= 4 is 5.65 Å². The van der Waals surface area contributed by atoms with E-state index in [1.165, 1.54) is 22.7 Å². The van der Waals surface area contributed by atoms with Gasteiger partial charge in [-0.15, -0.1) is 0 Å². The van der Waals surface area contributed by atoms with Crippen molar-refractivity contribution in [2.75, 3.05) is 0 Å². The van der Waals surface area contributed by atoms with Gasteiger partial charge < -0.3 is 0 Å². The SMILES string of the molecule is O=c1c(-c2ccc(C(F)(F)F)cc2)cnc2ccccn12. The minimum Gasteiger partial charge on any atom is -0.268 e. The number of benzene rings is 1. The van der Waals surface area contributed by atoms with Crippen molar-refractivity contribution in [1.29, 1.82) is 0 Å². The third kappa shape index (κ3) is 2.40. The van der Waals surface area contributed by atoms with E-state index in [1.54, 1.807) is 24.4 Å². The van der Waals surface area contributed by atoms with E-state index in [0.717, 1.165) is 12.1 Å². The fraction of sp³-hybridized carbons (Fsp3) is 0.0667. The zero-order valence-corrected chi connectivity index (χ0v) is 10.6. The maximum atomic E-state index is 12.5. The van der Waals surface area contributed by atoms with Crippen LogP contribution >= 0.6 is 0 Å². The molecule has 0 saturated heterocycles. The molecule has 0 amide bonds. The van der Waals surface area contributed by atoms with E-state index in [4.69, 9.17) is 0 Å². The molecule has 0 aliphatic carbocycles. The number of hydrogen-bond donors (Lipinski definition) is 0. The van der Waals surface area contributed by atoms with E-state index in [-0.39, 0.29) is 11.1 Å². The van der Waals surface area contributed by atoms with Gasteiger partial charge in [-0.1, -0.05) is 18.2 Å². The van der Waals surface area contributed by atoms with E-state index in [2.05, 4.69) is 4.98 Å². The van der Waals surface area contributed by atoms with Crippen LogP contribution in [0.4, 0.5) is 13.2 Å². The zero-order valence-electron chi connectivity index (χ0n) is 10.6. The van der Waals surface area contributed by atoms with Gasteiger partial charge in [-0.3, -0.25) is 9.20 Å². The van der Waals surface area contributed by atoms with Gasteiger partial charge in [0, 0.05) is 12.4 Å². The fourth-order valence-corrected chi connectivity index (χ4v) is 2.06. The van der Waals surface area contributed by atoms with Crippen LogP contribution in [0.3, 0.4) is 0 Å². The van der Waals surface area contributed by atoms with E-state index >= 15 is 0 Å². The van der Waals surface area contributed by atoms with Gasteiger partial charge in [-0.05, 0) is 29.8 Å². The molecule has 2 aromatic heterocycles. The Labute approximate surface area is 117 Å². The Morgan fingerprint density at radius 2 is 1.71 bits per heavy atom. The highest BCUT2D eigenvalue weighted by Crippen LogP contribution is 2.30. The van der Waals surface area contributed by atoms with Crippen LogP contribution in [-0.4, -0.2) is 9.38 Å². The second-order valence-corrected chi connectivity index (χ2v) is 4.48. The highest BCUT2D eigenvalue weighted by molar-refractivity contribution is 5.63. The van der Waals surface area contributed by atoms with Gasteiger partial charge >= 0.3 is 6.18 Å². The van der Waals surface area contributed by atoms with Gasteiger partial charge in [-0.2, -0.15) is 13.2 Å². The molecule has 0 fully saturated rings. The zero-order chi connectivity index (χ0) is 15.0. The lowest BCUT2D eigenvalue weighted by Crippen LogP contribution is -2.16. The summed E-state index contributed by atoms with van der Waals surface area (Å²) >= 11 is 0. The maximum absolute atomic E-state index is 12.5. The van der Waals surface area contributed by atoms with Crippen molar-refractivity contribution in [2.45, 2.75) is 6.18 Å². The Bertz CT molecular complexity index is 851. The number of alkyl halides is 3. The van der Waals surface area contributed by atoms with Gasteiger partial charge in [-0.25, -0.2) is 4.98 Å². The van der Waals surface area contributed by atoms with Gasteiger partial charge in [0.2, 0.25) is 0 Å². The molecule has 0 radical (unpaired) electrons. The molecule has 0 atom stereocenters. The number of fused-ring (bicyclic) bond motifs is 1. The van der Waals surface area contributed by atoms with E-state index in [1.807, 2.05) is 0 Å². The molecule has 2 heterocycles. The molecule has 0 aliphatic rings. The van der Waals surface area contributed by atoms with Crippen LogP contribution in [0.2, 0.25) is 0 Å². The molecule has 3 rings (SSSR count). The standard InChI is InChI=1S/C15H9F3N2O/c16-15(17,18)11-6-4-10(5-7-11)12-9-19-13-3-1-2-8-20(13)14(12)21/h1-9H. The summed E-state index contributed by atoms with van der Waals surface area (Å²) in [6.07, 6.45) is -1.45. The van der Waals surface area contributed by atoms with Crippen LogP contribution < -0.4 is 5.56 Å². The topological polar surface area (TPSA) is 34.4 Å². The Kier molecular flexibility index (Phi) is 3.01. The van der Waals surface area contributed by atoms with Gasteiger partial charge in [0.05, 0.1) is 11.1 Å². The van der Waals surface area contributed by atoms with Crippen LogP contribution in [0, 0.1) is 0 Å². The number of aromatic nitrogens is 2. The molecule has 0 spiro atoms. The maximum Gasteiger partial charge on any atom is 0.416 e. The summed E-state index contributed by atoms with van der Waals surface area (Å²) in [6.45, 7) is 0. The van der Waals surface area contributed by atoms with Crippen molar-refractivity contribution < 1.29 is 13.2 Å². The summed E-state index contributed by atoms with van der Waals surface area (Å²) < 4.78 is 38.9. The average Bonchev–Trinajstić information content (AvgIpc) is 2.47. The Morgan fingerprint density at radius 3 is 2.38 bits per heavy atom. The summed E-state index contributed by atoms with van der Waals surface area (Å²) in [7, 11) is 0. The number of halogens is 3. The first-order valence-corrected chi connectivity index (χ1v) is 6.11. The van der Waals surface area contributed by atoms with Crippen LogP contribution in [0.15, 0.2) is 59.7 Å². The van der Waals surface area contributed by atoms with E-state index in [9.17, 15) is 18.0 Å². The molecule has 1 aromatic carbocycles. The van der Waals surface area contributed by atoms with Gasteiger partial charge in [0.15, 0.2) is 0 Å². The van der Waals surface area contributed by atoms with Crippen LogP contribution in [0.5, 0.6) is 0 Å². The number of nitrogens with zero attached hydrogens (tertiary/aromatic N) is 2. The molecule has 0 saturated carbocycles. The molecular formula is C15H9F3N2O. The summed E-state index contributed by atoms with van der Waals surface area (Å²) in [6, 6.07) is 9.57. The summed E-state index contributed by atoms with van der Waals surface area (Å²) in [5, 5.41) is 0. The lowest BCUT2D eigenvalue weighted by atomic mass is 10.1. The highest BCUT2D eigenvalue weighted by atomic mass is 19.4. The molecule has 106 valence electrons. The van der Waals surface area contributed by atoms with E-state index in [0.29, 0.717) is 11.2 Å². The van der Waals surface area contributed by atoms with Crippen molar-refractivity contribution in [3.63, 3.8) is 0 Å². The Morgan fingerprint density at radius 1 is 1.00 bits per heavy atom. The predicted molar refractivity (Wildman–Crippen MR) is 71.9 cm³/mol. The molecule has 0 unspecified atom stereocenters. The monoisotopic (exact) mass is 290 g/mol. The minimum atomic E-state index is -4.39. The van der Waals surface area contributed by atoms with Crippen molar-refractivity contribution in [3.05, 3.63) is 70.8 Å². The van der Waals surface area contributed by atoms with Crippen LogP contribution in [0.1, 0.15) is 5.56 Å². The summed E-state index contributed by atoms with van der Waals surface area (Å²) in [5.74, 6) is 0. The fourth-order valence-electron chi connectivity index (χ4n) is 2.06. The van der Waals surface area contributed by atoms with Gasteiger partial charge in [0.25, 0.3) is 5.56 Å². The quantitative estimate of drug-likeness (QED) is 0.688. The first kappa shape index (κ1) is 13.4.